The number of nitrogens with one attached hydrogen (secondary N) is 2. The van der Waals surface area contributed by atoms with Gasteiger partial charge in [-0.2, -0.15) is 0 Å². The molecule has 0 fully saturated rings. The molecule has 6 nitrogen and oxygen atoms in total. The highest BCUT2D eigenvalue weighted by Gasteiger charge is 1.85. The van der Waals surface area contributed by atoms with Crippen molar-refractivity contribution < 1.29 is 9.59 Å². The summed E-state index contributed by atoms with van der Waals surface area (Å²) in [5, 5.41) is 10.8. The number of hydrogen-bond donors (Lipinski definition) is 4. The molecule has 0 aliphatic rings. The minimum Gasteiger partial charge on any atom is -0.397 e. The van der Waals surface area contributed by atoms with E-state index < -0.39 is 0 Å². The van der Waals surface area contributed by atoms with Crippen molar-refractivity contribution in [1.82, 2.24) is 0 Å². The lowest BCUT2D eigenvalue weighted by molar-refractivity contribution is 0.562. The monoisotopic (exact) mass is 194 g/mol. The Morgan fingerprint density at radius 1 is 0.929 bits per heavy atom. The minimum atomic E-state index is 0.646. The third kappa shape index (κ3) is 9.58. The van der Waals surface area contributed by atoms with Gasteiger partial charge in [0, 0.05) is 0 Å². The van der Waals surface area contributed by atoms with E-state index in [1.807, 2.05) is 12.1 Å². The van der Waals surface area contributed by atoms with Gasteiger partial charge in [0.2, 0.25) is 12.2 Å². The fraction of sp³-hybridized carbons (Fsp3) is 0. The van der Waals surface area contributed by atoms with Gasteiger partial charge in [-0.05, 0) is 12.1 Å². The maximum Gasteiger partial charge on any atom is 0.231 e. The summed E-state index contributed by atoms with van der Waals surface area (Å²) in [6, 6.07) is 7.25. The largest absolute Gasteiger partial charge is 0.397 e. The molecule has 6 heteroatoms. The van der Waals surface area contributed by atoms with Crippen LogP contribution in [0.2, 0.25) is 0 Å². The van der Waals surface area contributed by atoms with E-state index in [2.05, 4.69) is 0 Å². The van der Waals surface area contributed by atoms with Gasteiger partial charge in [-0.3, -0.25) is 0 Å². The van der Waals surface area contributed by atoms with Gasteiger partial charge in [-0.15, -0.1) is 0 Å². The van der Waals surface area contributed by atoms with Crippen molar-refractivity contribution >= 4 is 23.5 Å². The predicted molar refractivity (Wildman–Crippen MR) is 52.1 cm³/mol. The second-order valence-corrected chi connectivity index (χ2v) is 1.83. The molecule has 0 radical (unpaired) electrons. The number of hydrogen-bond acceptors (Lipinski definition) is 6. The van der Waals surface area contributed by atoms with Crippen LogP contribution in [0.15, 0.2) is 24.3 Å². The van der Waals surface area contributed by atoms with Crippen molar-refractivity contribution in [2.45, 2.75) is 0 Å². The topological polar surface area (TPSA) is 134 Å². The molecule has 0 amide bonds. The van der Waals surface area contributed by atoms with Gasteiger partial charge in [0.15, 0.2) is 0 Å². The zero-order valence-corrected chi connectivity index (χ0v) is 7.28. The zero-order valence-electron chi connectivity index (χ0n) is 7.28. The van der Waals surface area contributed by atoms with Crippen LogP contribution in [-0.2, 0) is 9.59 Å². The highest BCUT2D eigenvalue weighted by atomic mass is 16.1. The zero-order chi connectivity index (χ0) is 11.4. The van der Waals surface area contributed by atoms with E-state index in [0.717, 1.165) is 12.2 Å². The van der Waals surface area contributed by atoms with E-state index in [1.54, 1.807) is 12.1 Å². The van der Waals surface area contributed by atoms with Crippen molar-refractivity contribution in [2.24, 2.45) is 0 Å². The molecule has 0 unspecified atom stereocenters. The van der Waals surface area contributed by atoms with E-state index >= 15 is 0 Å². The fourth-order valence-electron chi connectivity index (χ4n) is 0.511. The first-order valence-electron chi connectivity index (χ1n) is 3.31. The molecule has 0 spiro atoms. The maximum absolute atomic E-state index is 8.35. The Hall–Kier alpha value is -2.42. The number of benzene rings is 1. The molecule has 0 atom stereocenters. The van der Waals surface area contributed by atoms with Crippen molar-refractivity contribution in [2.75, 3.05) is 11.5 Å². The number of isocyanates is 2. The van der Waals surface area contributed by atoms with Crippen LogP contribution in [0.5, 0.6) is 0 Å². The van der Waals surface area contributed by atoms with E-state index in [0.29, 0.717) is 11.4 Å². The summed E-state index contributed by atoms with van der Waals surface area (Å²) in [6.45, 7) is 0. The van der Waals surface area contributed by atoms with Gasteiger partial charge in [0.05, 0.1) is 11.4 Å². The Kier molecular flexibility index (Phi) is 10.7. The van der Waals surface area contributed by atoms with Crippen LogP contribution in [0.3, 0.4) is 0 Å². The Balaban J connectivity index is 0. The van der Waals surface area contributed by atoms with Crippen molar-refractivity contribution in [1.29, 1.82) is 10.8 Å². The normalized spacial score (nSPS) is 6.29. The molecular weight excluding hydrogens is 184 g/mol. The van der Waals surface area contributed by atoms with E-state index in [1.165, 1.54) is 0 Å². The number of carbonyl (C=O) groups excluding carboxylic acids is 2. The molecular formula is C8H10N4O2. The third-order valence-electron chi connectivity index (χ3n) is 0.996. The second kappa shape index (κ2) is 10.6. The highest BCUT2D eigenvalue weighted by molar-refractivity contribution is 5.62. The van der Waals surface area contributed by atoms with E-state index in [4.69, 9.17) is 31.9 Å². The van der Waals surface area contributed by atoms with Crippen molar-refractivity contribution in [3.05, 3.63) is 24.3 Å². The summed E-state index contributed by atoms with van der Waals surface area (Å²) >= 11 is 0. The number of anilines is 2. The average molecular weight is 194 g/mol. The maximum atomic E-state index is 8.35. The fourth-order valence-corrected chi connectivity index (χ4v) is 0.511. The molecule has 0 aliphatic heterocycles. The average Bonchev–Trinajstić information content (AvgIpc) is 2.13. The molecule has 0 saturated carbocycles. The first kappa shape index (κ1) is 14.1. The van der Waals surface area contributed by atoms with E-state index in [9.17, 15) is 0 Å². The molecule has 14 heavy (non-hydrogen) atoms. The predicted octanol–water partition coefficient (Wildman–Crippen LogP) is 0.653. The second-order valence-electron chi connectivity index (χ2n) is 1.83. The van der Waals surface area contributed by atoms with Gasteiger partial charge in [0.1, 0.15) is 0 Å². The number of nitrogens with two attached hydrogens (primary N) is 2. The lowest BCUT2D eigenvalue weighted by atomic mass is 10.3. The van der Waals surface area contributed by atoms with E-state index in [-0.39, 0.29) is 0 Å². The first-order valence-corrected chi connectivity index (χ1v) is 3.31. The Morgan fingerprint density at radius 3 is 1.29 bits per heavy atom. The Labute approximate surface area is 80.5 Å². The molecule has 6 N–H and O–H groups in total. The summed E-state index contributed by atoms with van der Waals surface area (Å²) in [4.78, 5) is 16.7. The Morgan fingerprint density at radius 2 is 1.14 bits per heavy atom. The quantitative estimate of drug-likeness (QED) is 0.274. The van der Waals surface area contributed by atoms with Crippen LogP contribution < -0.4 is 11.5 Å². The van der Waals surface area contributed by atoms with Crippen LogP contribution >= 0.6 is 0 Å². The van der Waals surface area contributed by atoms with Gasteiger partial charge in [0.25, 0.3) is 0 Å². The standard InChI is InChI=1S/C6H8N2.2CHNO/c7-5-3-1-2-4-6(5)8;2*2-1-3/h1-4H,7-8H2;2*2H. The van der Waals surface area contributed by atoms with Crippen molar-refractivity contribution in [3.63, 3.8) is 0 Å². The lowest BCUT2D eigenvalue weighted by Gasteiger charge is -1.94. The highest BCUT2D eigenvalue weighted by Crippen LogP contribution is 2.10. The summed E-state index contributed by atoms with van der Waals surface area (Å²) in [6.07, 6.45) is 1.50. The number of para-hydroxylation sites is 2. The van der Waals surface area contributed by atoms with Gasteiger partial charge in [-0.25, -0.2) is 20.4 Å². The summed E-state index contributed by atoms with van der Waals surface area (Å²) in [5.74, 6) is 0. The molecule has 0 aromatic heterocycles. The molecule has 1 aromatic rings. The van der Waals surface area contributed by atoms with Crippen LogP contribution in [0, 0.1) is 10.8 Å². The SMILES string of the molecule is N=C=O.N=C=O.Nc1ccccc1N. The first-order chi connectivity index (χ1) is 6.63. The Bertz CT molecular complexity index is 293. The van der Waals surface area contributed by atoms with Crippen molar-refractivity contribution in [3.8, 4) is 0 Å². The summed E-state index contributed by atoms with van der Waals surface area (Å²) in [7, 11) is 0. The van der Waals surface area contributed by atoms with Crippen LogP contribution in [0.1, 0.15) is 0 Å². The summed E-state index contributed by atoms with van der Waals surface area (Å²) in [5.41, 5.74) is 12.1. The lowest BCUT2D eigenvalue weighted by Crippen LogP contribution is -1.91. The molecule has 0 heterocycles. The molecule has 1 aromatic carbocycles. The van der Waals surface area contributed by atoms with Gasteiger partial charge >= 0.3 is 0 Å². The smallest absolute Gasteiger partial charge is 0.231 e. The number of rotatable bonds is 0. The minimum absolute atomic E-state index is 0.646. The molecule has 1 rings (SSSR count). The van der Waals surface area contributed by atoms with Gasteiger partial charge in [-0.1, -0.05) is 12.1 Å². The molecule has 0 bridgehead atoms. The van der Waals surface area contributed by atoms with Gasteiger partial charge < -0.3 is 11.5 Å². The molecule has 74 valence electrons. The summed E-state index contributed by atoms with van der Waals surface area (Å²) < 4.78 is 0. The van der Waals surface area contributed by atoms with Crippen LogP contribution in [-0.4, -0.2) is 12.2 Å². The molecule has 0 saturated heterocycles. The van der Waals surface area contributed by atoms with Crippen LogP contribution in [0.25, 0.3) is 0 Å². The number of nitrogen functional groups attached to an aromatic ring is 2. The third-order valence-corrected chi connectivity index (χ3v) is 0.996. The van der Waals surface area contributed by atoms with Crippen LogP contribution in [0.4, 0.5) is 11.4 Å². The molecule has 0 aliphatic carbocycles.